The van der Waals surface area contributed by atoms with E-state index in [1.807, 2.05) is 13.0 Å². The normalized spacial score (nSPS) is 20.1. The second-order valence-electron chi connectivity index (χ2n) is 11.2. The van der Waals surface area contributed by atoms with Crippen LogP contribution in [0, 0.1) is 5.92 Å². The molecule has 0 radical (unpaired) electrons. The van der Waals surface area contributed by atoms with Crippen LogP contribution in [0.5, 0.6) is 0 Å². The fourth-order valence-electron chi connectivity index (χ4n) is 5.98. The van der Waals surface area contributed by atoms with Gasteiger partial charge in [-0.25, -0.2) is 13.8 Å². The number of hydrogen-bond acceptors (Lipinski definition) is 9. The zero-order valence-electron chi connectivity index (χ0n) is 24.1. The molecular weight excluding hydrogens is 544 g/mol. The van der Waals surface area contributed by atoms with Gasteiger partial charge in [-0.2, -0.15) is 9.97 Å². The van der Waals surface area contributed by atoms with Crippen molar-refractivity contribution in [3.8, 4) is 5.82 Å². The number of anilines is 2. The van der Waals surface area contributed by atoms with E-state index in [9.17, 15) is 19.0 Å². The third-order valence-electron chi connectivity index (χ3n) is 8.20. The van der Waals surface area contributed by atoms with Gasteiger partial charge in [0.15, 0.2) is 5.82 Å². The summed E-state index contributed by atoms with van der Waals surface area (Å²) in [5.41, 5.74) is 1.97. The molecule has 2 fully saturated rings. The summed E-state index contributed by atoms with van der Waals surface area (Å²) in [6.45, 7) is 6.69. The lowest BCUT2D eigenvalue weighted by Crippen LogP contribution is -2.40. The Hall–Kier alpha value is -3.35. The lowest BCUT2D eigenvalue weighted by molar-refractivity contribution is 0.122. The van der Waals surface area contributed by atoms with Gasteiger partial charge < -0.3 is 25.2 Å². The molecule has 12 heteroatoms. The molecule has 228 valence electrons. The minimum absolute atomic E-state index is 0.150. The van der Waals surface area contributed by atoms with Gasteiger partial charge in [-0.15, -0.1) is 0 Å². The van der Waals surface area contributed by atoms with Crippen LogP contribution in [0.25, 0.3) is 16.9 Å². The first kappa shape index (κ1) is 30.1. The van der Waals surface area contributed by atoms with Gasteiger partial charge in [0, 0.05) is 51.4 Å². The third kappa shape index (κ3) is 7.16. The molecule has 0 atom stereocenters. The molecule has 5 rings (SSSR count). The van der Waals surface area contributed by atoms with Crippen LogP contribution in [-0.4, -0.2) is 93.2 Å². The highest BCUT2D eigenvalue weighted by atomic mass is 19.3. The summed E-state index contributed by atoms with van der Waals surface area (Å²) in [4.78, 5) is 18.2. The largest absolute Gasteiger partial charge is 0.516 e. The average Bonchev–Trinajstić information content (AvgIpc) is 3.43. The van der Waals surface area contributed by atoms with Crippen molar-refractivity contribution in [1.29, 1.82) is 0 Å². The smallest absolute Gasteiger partial charge is 0.296 e. The van der Waals surface area contributed by atoms with Gasteiger partial charge in [0.2, 0.25) is 5.95 Å². The fraction of sp³-hybridized carbons (Fsp3) is 0.567. The van der Waals surface area contributed by atoms with E-state index < -0.39 is 6.43 Å². The lowest BCUT2D eigenvalue weighted by atomic mass is 9.85. The van der Waals surface area contributed by atoms with Gasteiger partial charge in [-0.3, -0.25) is 9.47 Å². The van der Waals surface area contributed by atoms with E-state index in [-0.39, 0.29) is 12.4 Å². The number of hydrogen-bond donors (Lipinski definition) is 3. The number of para-hydroxylation sites is 2. The first-order valence-electron chi connectivity index (χ1n) is 14.8. The van der Waals surface area contributed by atoms with Crippen molar-refractivity contribution in [3.63, 3.8) is 0 Å². The molecule has 0 unspecified atom stereocenters. The van der Waals surface area contributed by atoms with E-state index in [2.05, 4.69) is 20.1 Å². The number of nitrogens with one attached hydrogen (secondary N) is 1. The van der Waals surface area contributed by atoms with Crippen LogP contribution in [0.2, 0.25) is 0 Å². The SMILES string of the molecule is C/C(=C\O)CN(CCCO)[C@H]1CC[C@H](CNc2nc(N3CCOCC3)cc(-n3c(C(F)F)nc4ccccc43)n2)CC1. The minimum Gasteiger partial charge on any atom is -0.516 e. The van der Waals surface area contributed by atoms with Crippen LogP contribution < -0.4 is 10.2 Å². The second-order valence-corrected chi connectivity index (χ2v) is 11.2. The average molecular weight is 586 g/mol. The molecular formula is C30H41F2N7O3. The fourth-order valence-corrected chi connectivity index (χ4v) is 5.98. The second kappa shape index (κ2) is 14.2. The molecule has 10 nitrogen and oxygen atoms in total. The van der Waals surface area contributed by atoms with Crippen LogP contribution in [0.3, 0.4) is 0 Å². The van der Waals surface area contributed by atoms with Crippen molar-refractivity contribution in [1.82, 2.24) is 24.4 Å². The minimum atomic E-state index is -2.76. The van der Waals surface area contributed by atoms with Crippen LogP contribution >= 0.6 is 0 Å². The molecule has 1 aromatic carbocycles. The molecule has 1 aliphatic carbocycles. The standard InChI is InChI=1S/C30H41F2N7O3/c1-21(20-41)19-38(11-4-14-40)23-9-7-22(8-10-23)18-33-30-35-26(37-12-15-42-16-13-37)17-27(36-30)39-25-6-3-2-5-24(25)34-29(39)28(31)32/h2-3,5-6,17,20,22-23,28,40-41H,4,7-16,18-19H2,1H3,(H,33,35,36)/b21-20+/t22-,23-. The first-order chi connectivity index (χ1) is 20.5. The van der Waals surface area contributed by atoms with Crippen LogP contribution in [0.1, 0.15) is 51.3 Å². The summed E-state index contributed by atoms with van der Waals surface area (Å²) in [7, 11) is 0. The summed E-state index contributed by atoms with van der Waals surface area (Å²) < 4.78 is 35.2. The Balaban J connectivity index is 1.34. The van der Waals surface area contributed by atoms with E-state index >= 15 is 0 Å². The molecule has 0 amide bonds. The van der Waals surface area contributed by atoms with Crippen LogP contribution in [-0.2, 0) is 4.74 Å². The van der Waals surface area contributed by atoms with Crippen molar-refractivity contribution in [3.05, 3.63) is 48.0 Å². The van der Waals surface area contributed by atoms with E-state index in [1.165, 1.54) is 4.57 Å². The van der Waals surface area contributed by atoms with Crippen molar-refractivity contribution < 1.29 is 23.7 Å². The van der Waals surface area contributed by atoms with Gasteiger partial charge in [0.25, 0.3) is 6.43 Å². The monoisotopic (exact) mass is 585 g/mol. The van der Waals surface area contributed by atoms with Crippen molar-refractivity contribution in [2.24, 2.45) is 5.92 Å². The Kier molecular flexibility index (Phi) is 10.2. The van der Waals surface area contributed by atoms with Crippen LogP contribution in [0.4, 0.5) is 20.5 Å². The first-order valence-corrected chi connectivity index (χ1v) is 14.8. The Bertz CT molecular complexity index is 1340. The zero-order chi connectivity index (χ0) is 29.5. The van der Waals surface area contributed by atoms with Crippen molar-refractivity contribution >= 4 is 22.8 Å². The van der Waals surface area contributed by atoms with Crippen LogP contribution in [0.15, 0.2) is 42.2 Å². The van der Waals surface area contributed by atoms with Gasteiger partial charge in [-0.1, -0.05) is 12.1 Å². The molecule has 0 bridgehead atoms. The Morgan fingerprint density at radius 3 is 2.57 bits per heavy atom. The lowest BCUT2D eigenvalue weighted by Gasteiger charge is -2.37. The molecule has 1 saturated carbocycles. The summed E-state index contributed by atoms with van der Waals surface area (Å²) in [5, 5.41) is 22.2. The van der Waals surface area contributed by atoms with Gasteiger partial charge in [0.05, 0.1) is 30.5 Å². The maximum atomic E-state index is 14.1. The Labute approximate surface area is 245 Å². The summed E-state index contributed by atoms with van der Waals surface area (Å²) in [5.74, 6) is 1.50. The molecule has 3 aromatic rings. The summed E-state index contributed by atoms with van der Waals surface area (Å²) in [6, 6.07) is 9.25. The topological polar surface area (TPSA) is 112 Å². The predicted molar refractivity (Wildman–Crippen MR) is 159 cm³/mol. The quantitative estimate of drug-likeness (QED) is 0.260. The number of nitrogens with zero attached hydrogens (tertiary/aromatic N) is 6. The highest BCUT2D eigenvalue weighted by molar-refractivity contribution is 5.78. The highest BCUT2D eigenvalue weighted by Gasteiger charge is 2.27. The number of ether oxygens (including phenoxy) is 1. The molecule has 1 aliphatic heterocycles. The number of morpholine rings is 1. The van der Waals surface area contributed by atoms with Gasteiger partial charge in [-0.05, 0) is 62.7 Å². The number of imidazole rings is 1. The number of aliphatic hydroxyl groups excluding tert-OH is 2. The summed E-state index contributed by atoms with van der Waals surface area (Å²) >= 11 is 0. The molecule has 2 aromatic heterocycles. The van der Waals surface area contributed by atoms with Gasteiger partial charge in [0.1, 0.15) is 11.6 Å². The predicted octanol–water partition coefficient (Wildman–Crippen LogP) is 4.71. The van der Waals surface area contributed by atoms with Crippen molar-refractivity contribution in [2.45, 2.75) is 51.5 Å². The number of alkyl halides is 2. The number of halogens is 2. The highest BCUT2D eigenvalue weighted by Crippen LogP contribution is 2.31. The third-order valence-corrected chi connectivity index (χ3v) is 8.20. The number of benzene rings is 1. The number of rotatable bonds is 12. The number of fused-ring (bicyclic) bond motifs is 1. The Morgan fingerprint density at radius 1 is 1.12 bits per heavy atom. The Morgan fingerprint density at radius 2 is 1.86 bits per heavy atom. The van der Waals surface area contributed by atoms with E-state index in [0.29, 0.717) is 86.4 Å². The summed E-state index contributed by atoms with van der Waals surface area (Å²) in [6.07, 6.45) is 3.19. The molecule has 0 spiro atoms. The molecule has 3 N–H and O–H groups in total. The maximum Gasteiger partial charge on any atom is 0.296 e. The molecule has 1 saturated heterocycles. The molecule has 3 heterocycles. The molecule has 2 aliphatic rings. The number of aliphatic hydroxyl groups is 2. The van der Waals surface area contributed by atoms with Crippen molar-refractivity contribution in [2.75, 3.05) is 62.8 Å². The molecule has 42 heavy (non-hydrogen) atoms. The number of aromatic nitrogens is 4. The van der Waals surface area contributed by atoms with E-state index in [1.54, 1.807) is 24.3 Å². The van der Waals surface area contributed by atoms with E-state index in [4.69, 9.17) is 14.7 Å². The van der Waals surface area contributed by atoms with E-state index in [0.717, 1.165) is 44.1 Å². The maximum absolute atomic E-state index is 14.1. The zero-order valence-corrected chi connectivity index (χ0v) is 24.1. The van der Waals surface area contributed by atoms with Gasteiger partial charge >= 0.3 is 0 Å².